The van der Waals surface area contributed by atoms with E-state index in [0.29, 0.717) is 0 Å². The number of rotatable bonds is 9. The van der Waals surface area contributed by atoms with E-state index in [1.807, 2.05) is 12.1 Å². The number of carboxylic acids is 1. The summed E-state index contributed by atoms with van der Waals surface area (Å²) in [6, 6.07) is 21.5. The summed E-state index contributed by atoms with van der Waals surface area (Å²) in [6.07, 6.45) is 0.708. The topological polar surface area (TPSA) is 69.6 Å². The van der Waals surface area contributed by atoms with Gasteiger partial charge in [-0.25, -0.2) is 0 Å². The van der Waals surface area contributed by atoms with E-state index in [0.717, 1.165) is 26.1 Å². The average molecular weight is 409 g/mol. The molecule has 30 heavy (non-hydrogen) atoms. The van der Waals surface area contributed by atoms with Crippen LogP contribution >= 0.6 is 0 Å². The smallest absolute Gasteiger partial charge is 0.310 e. The molecule has 1 saturated heterocycles. The SMILES string of the molecule is CC(C)(CC(=O)CC(=O)O)CC1CNCCN1C(c1ccccc1)c1ccccc1. The molecule has 1 aliphatic rings. The van der Waals surface area contributed by atoms with Crippen LogP contribution in [0, 0.1) is 5.41 Å². The zero-order valence-corrected chi connectivity index (χ0v) is 17.9. The second kappa shape index (κ2) is 10.0. The highest BCUT2D eigenvalue weighted by Crippen LogP contribution is 2.36. The summed E-state index contributed by atoms with van der Waals surface area (Å²) in [5.74, 6) is -1.25. The van der Waals surface area contributed by atoms with E-state index in [-0.39, 0.29) is 29.7 Å². The van der Waals surface area contributed by atoms with Gasteiger partial charge in [-0.3, -0.25) is 14.5 Å². The van der Waals surface area contributed by atoms with Crippen LogP contribution in [0.2, 0.25) is 0 Å². The van der Waals surface area contributed by atoms with Gasteiger partial charge in [-0.15, -0.1) is 0 Å². The number of nitrogens with one attached hydrogen (secondary N) is 1. The minimum atomic E-state index is -1.05. The van der Waals surface area contributed by atoms with Crippen LogP contribution < -0.4 is 5.32 Å². The normalized spacial score (nSPS) is 17.8. The molecule has 2 aromatic carbocycles. The molecule has 0 spiro atoms. The summed E-state index contributed by atoms with van der Waals surface area (Å²) < 4.78 is 0. The van der Waals surface area contributed by atoms with Gasteiger partial charge in [-0.05, 0) is 23.0 Å². The lowest BCUT2D eigenvalue weighted by Gasteiger charge is -2.44. The third kappa shape index (κ3) is 6.00. The molecular formula is C25H32N2O3. The zero-order valence-electron chi connectivity index (χ0n) is 17.9. The maximum absolute atomic E-state index is 12.2. The predicted octanol–water partition coefficient (Wildman–Crippen LogP) is 3.90. The average Bonchev–Trinajstić information content (AvgIpc) is 2.70. The molecular weight excluding hydrogens is 376 g/mol. The first-order valence-electron chi connectivity index (χ1n) is 10.7. The first kappa shape index (κ1) is 22.2. The molecule has 3 rings (SSSR count). The largest absolute Gasteiger partial charge is 0.481 e. The van der Waals surface area contributed by atoms with Gasteiger partial charge >= 0.3 is 5.97 Å². The molecule has 160 valence electrons. The number of ketones is 1. The zero-order chi connectivity index (χ0) is 21.6. The fourth-order valence-corrected chi connectivity index (χ4v) is 4.63. The first-order valence-corrected chi connectivity index (χ1v) is 10.7. The Kier molecular flexibility index (Phi) is 7.40. The molecule has 0 radical (unpaired) electrons. The van der Waals surface area contributed by atoms with Gasteiger partial charge in [0.1, 0.15) is 12.2 Å². The van der Waals surface area contributed by atoms with Gasteiger partial charge in [-0.2, -0.15) is 0 Å². The van der Waals surface area contributed by atoms with Crippen LogP contribution in [0.15, 0.2) is 60.7 Å². The lowest BCUT2D eigenvalue weighted by molar-refractivity contribution is -0.140. The monoisotopic (exact) mass is 408 g/mol. The van der Waals surface area contributed by atoms with E-state index in [1.54, 1.807) is 0 Å². The number of carbonyl (C=O) groups excluding carboxylic acids is 1. The molecule has 2 aromatic rings. The van der Waals surface area contributed by atoms with Crippen molar-refractivity contribution in [3.8, 4) is 0 Å². The highest BCUT2D eigenvalue weighted by atomic mass is 16.4. The number of hydrogen-bond acceptors (Lipinski definition) is 4. The highest BCUT2D eigenvalue weighted by Gasteiger charge is 2.35. The Morgan fingerprint density at radius 2 is 1.63 bits per heavy atom. The maximum atomic E-state index is 12.2. The first-order chi connectivity index (χ1) is 14.4. The van der Waals surface area contributed by atoms with E-state index in [4.69, 9.17) is 5.11 Å². The molecule has 1 unspecified atom stereocenters. The molecule has 0 amide bonds. The quantitative estimate of drug-likeness (QED) is 0.616. The van der Waals surface area contributed by atoms with E-state index in [9.17, 15) is 9.59 Å². The summed E-state index contributed by atoms with van der Waals surface area (Å²) in [5.41, 5.74) is 2.25. The van der Waals surface area contributed by atoms with E-state index in [1.165, 1.54) is 11.1 Å². The van der Waals surface area contributed by atoms with Crippen molar-refractivity contribution in [3.05, 3.63) is 71.8 Å². The van der Waals surface area contributed by atoms with Gasteiger partial charge in [0.25, 0.3) is 0 Å². The Hall–Kier alpha value is -2.50. The maximum Gasteiger partial charge on any atom is 0.310 e. The molecule has 5 heteroatoms. The van der Waals surface area contributed by atoms with Crippen molar-refractivity contribution >= 4 is 11.8 Å². The molecule has 1 aliphatic heterocycles. The number of carbonyl (C=O) groups is 2. The molecule has 1 fully saturated rings. The highest BCUT2D eigenvalue weighted by molar-refractivity contribution is 5.94. The van der Waals surface area contributed by atoms with Gasteiger partial charge in [0, 0.05) is 32.1 Å². The van der Waals surface area contributed by atoms with Crippen LogP contribution in [0.4, 0.5) is 0 Å². The van der Waals surface area contributed by atoms with Crippen molar-refractivity contribution in [1.29, 1.82) is 0 Å². The fourth-order valence-electron chi connectivity index (χ4n) is 4.63. The number of hydrogen-bond donors (Lipinski definition) is 2. The van der Waals surface area contributed by atoms with Gasteiger partial charge in [-0.1, -0.05) is 74.5 Å². The summed E-state index contributed by atoms with van der Waals surface area (Å²) in [5, 5.41) is 12.4. The summed E-state index contributed by atoms with van der Waals surface area (Å²) >= 11 is 0. The van der Waals surface area contributed by atoms with Crippen molar-refractivity contribution in [2.24, 2.45) is 5.41 Å². The number of aliphatic carboxylic acids is 1. The second-order valence-electron chi connectivity index (χ2n) is 8.97. The number of benzene rings is 2. The van der Waals surface area contributed by atoms with Gasteiger partial charge in [0.2, 0.25) is 0 Å². The minimum Gasteiger partial charge on any atom is -0.481 e. The number of carboxylic acid groups (broad SMARTS) is 1. The molecule has 1 heterocycles. The Morgan fingerprint density at radius 1 is 1.07 bits per heavy atom. The Morgan fingerprint density at radius 3 is 2.17 bits per heavy atom. The summed E-state index contributed by atoms with van der Waals surface area (Å²) in [4.78, 5) is 25.6. The van der Waals surface area contributed by atoms with E-state index >= 15 is 0 Å². The third-order valence-corrected chi connectivity index (χ3v) is 5.77. The van der Waals surface area contributed by atoms with E-state index in [2.05, 4.69) is 72.6 Å². The van der Waals surface area contributed by atoms with Crippen LogP contribution in [0.3, 0.4) is 0 Å². The van der Waals surface area contributed by atoms with Crippen molar-refractivity contribution in [3.63, 3.8) is 0 Å². The second-order valence-corrected chi connectivity index (χ2v) is 8.97. The summed E-state index contributed by atoms with van der Waals surface area (Å²) in [7, 11) is 0. The molecule has 2 N–H and O–H groups in total. The summed E-state index contributed by atoms with van der Waals surface area (Å²) in [6.45, 7) is 6.83. The molecule has 0 aliphatic carbocycles. The number of Topliss-reactive ketones (excluding diaryl/α,β-unsaturated/α-hetero) is 1. The molecule has 1 atom stereocenters. The fraction of sp³-hybridized carbons (Fsp3) is 0.440. The van der Waals surface area contributed by atoms with E-state index < -0.39 is 12.4 Å². The van der Waals surface area contributed by atoms with Gasteiger partial charge in [0.05, 0.1) is 6.04 Å². The number of piperazine rings is 1. The lowest BCUT2D eigenvalue weighted by Crippen LogP contribution is -2.54. The predicted molar refractivity (Wildman–Crippen MR) is 118 cm³/mol. The Balaban J connectivity index is 1.85. The molecule has 5 nitrogen and oxygen atoms in total. The van der Waals surface area contributed by atoms with Crippen LogP contribution in [-0.2, 0) is 9.59 Å². The van der Waals surface area contributed by atoms with Gasteiger partial charge in [0.15, 0.2) is 0 Å². The molecule has 0 bridgehead atoms. The molecule has 0 saturated carbocycles. The van der Waals surface area contributed by atoms with Crippen LogP contribution in [0.25, 0.3) is 0 Å². The van der Waals surface area contributed by atoms with Crippen molar-refractivity contribution in [1.82, 2.24) is 10.2 Å². The molecule has 0 aromatic heterocycles. The van der Waals surface area contributed by atoms with Crippen LogP contribution in [0.1, 0.15) is 50.3 Å². The Labute approximate surface area is 179 Å². The number of nitrogens with zero attached hydrogens (tertiary/aromatic N) is 1. The lowest BCUT2D eigenvalue weighted by atomic mass is 9.79. The third-order valence-electron chi connectivity index (χ3n) is 5.77. The van der Waals surface area contributed by atoms with Crippen LogP contribution in [-0.4, -0.2) is 47.4 Å². The van der Waals surface area contributed by atoms with Crippen LogP contribution in [0.5, 0.6) is 0 Å². The van der Waals surface area contributed by atoms with Crippen molar-refractivity contribution in [2.45, 2.75) is 45.2 Å². The standard InChI is InChI=1S/C25H32N2O3/c1-25(2,17-22(28)15-23(29)30)16-21-18-26-13-14-27(21)24(19-9-5-3-6-10-19)20-11-7-4-8-12-20/h3-12,21,24,26H,13-18H2,1-2H3,(H,29,30). The van der Waals surface area contributed by atoms with Gasteiger partial charge < -0.3 is 10.4 Å². The van der Waals surface area contributed by atoms with Crippen molar-refractivity contribution in [2.75, 3.05) is 19.6 Å². The minimum absolute atomic E-state index is 0.144. The van der Waals surface area contributed by atoms with Crippen molar-refractivity contribution < 1.29 is 14.7 Å². The Bertz CT molecular complexity index is 796.